The number of carbonyl (C=O) groups is 1. The van der Waals surface area contributed by atoms with Crippen molar-refractivity contribution in [1.29, 1.82) is 0 Å². The largest absolute Gasteiger partial charge is 0.614 e. The fraction of sp³-hybridized carbons (Fsp3) is 0.269. The number of aldehydes is 1. The van der Waals surface area contributed by atoms with Crippen LogP contribution in [-0.4, -0.2) is 29.7 Å². The van der Waals surface area contributed by atoms with E-state index >= 15 is 0 Å². The van der Waals surface area contributed by atoms with Gasteiger partial charge < -0.3 is 9.94 Å². The normalized spacial score (nSPS) is 20.5. The molecule has 0 saturated heterocycles. The molecule has 6 nitrogen and oxygen atoms in total. The average molecular weight is 448 g/mol. The van der Waals surface area contributed by atoms with E-state index in [1.807, 2.05) is 20.8 Å². The van der Waals surface area contributed by atoms with Gasteiger partial charge in [-0.1, -0.05) is 45.0 Å². The Hall–Kier alpha value is -3.42. The van der Waals surface area contributed by atoms with Crippen molar-refractivity contribution in [2.24, 2.45) is 15.4 Å². The molecule has 2 heterocycles. The number of guanidine groups is 1. The van der Waals surface area contributed by atoms with E-state index in [1.165, 1.54) is 6.07 Å². The number of benzene rings is 2. The SMILES string of the molecule is COc1cccc(C2=C(C)C(Cc3ccccc3F)=NC3=NC(C(C)(C)C)=C(C=O)[N+]32[O-])c1. The molecule has 0 radical (unpaired) electrons. The average Bonchev–Trinajstić information content (AvgIpc) is 3.07. The van der Waals surface area contributed by atoms with Gasteiger partial charge in [-0.15, -0.1) is 0 Å². The van der Waals surface area contributed by atoms with Gasteiger partial charge in [0.1, 0.15) is 17.3 Å². The number of quaternary nitrogens is 1. The third kappa shape index (κ3) is 3.73. The highest BCUT2D eigenvalue weighted by molar-refractivity contribution is 6.15. The zero-order valence-electron chi connectivity index (χ0n) is 19.3. The van der Waals surface area contributed by atoms with Crippen molar-refractivity contribution >= 4 is 23.7 Å². The summed E-state index contributed by atoms with van der Waals surface area (Å²) in [6.45, 7) is 7.46. The molecule has 2 aliphatic heterocycles. The molecule has 0 bridgehead atoms. The van der Waals surface area contributed by atoms with Crippen molar-refractivity contribution in [2.45, 2.75) is 34.1 Å². The summed E-state index contributed by atoms with van der Waals surface area (Å²) < 4.78 is 18.6. The second kappa shape index (κ2) is 8.17. The topological polar surface area (TPSA) is 74.1 Å². The number of allylic oxidation sites excluding steroid dienone is 3. The summed E-state index contributed by atoms with van der Waals surface area (Å²) in [5, 5.41) is 14.5. The number of aliphatic imine (C=N–C) groups is 2. The minimum Gasteiger partial charge on any atom is -0.614 e. The van der Waals surface area contributed by atoms with Gasteiger partial charge in [-0.25, -0.2) is 9.04 Å². The number of carbonyl (C=O) groups excluding carboxylic acids is 1. The van der Waals surface area contributed by atoms with Crippen LogP contribution >= 0.6 is 0 Å². The molecule has 0 amide bonds. The van der Waals surface area contributed by atoms with Crippen molar-refractivity contribution in [3.8, 4) is 5.75 Å². The smallest absolute Gasteiger partial charge is 0.340 e. The molecule has 2 aliphatic rings. The van der Waals surface area contributed by atoms with Crippen LogP contribution in [0.3, 0.4) is 0 Å². The Labute approximate surface area is 192 Å². The first kappa shape index (κ1) is 22.8. The minimum atomic E-state index is -1.18. The zero-order valence-corrected chi connectivity index (χ0v) is 19.3. The van der Waals surface area contributed by atoms with Crippen molar-refractivity contribution < 1.29 is 18.6 Å². The number of methoxy groups -OCH3 is 1. The molecule has 2 aromatic carbocycles. The molecule has 1 atom stereocenters. The first-order valence-electron chi connectivity index (χ1n) is 10.7. The molecule has 0 N–H and O–H groups in total. The molecule has 0 spiro atoms. The van der Waals surface area contributed by atoms with E-state index in [9.17, 15) is 14.4 Å². The Bertz CT molecular complexity index is 1270. The standard InChI is InChI=1S/C26H26FN3O3/c1-16-21(14-17-9-6-7-12-20(17)27)28-25-29-24(26(2,3)4)22(15-31)30(25,32)23(16)18-10-8-11-19(13-18)33-5/h6-13,15H,14H2,1-5H3. The molecular formula is C26H26FN3O3. The maximum Gasteiger partial charge on any atom is 0.340 e. The van der Waals surface area contributed by atoms with Gasteiger partial charge in [0.2, 0.25) is 12.0 Å². The van der Waals surface area contributed by atoms with Crippen molar-refractivity contribution in [3.05, 3.63) is 87.6 Å². The molecule has 33 heavy (non-hydrogen) atoms. The highest BCUT2D eigenvalue weighted by atomic mass is 19.1. The number of hydrogen-bond donors (Lipinski definition) is 0. The molecule has 170 valence electrons. The summed E-state index contributed by atoms with van der Waals surface area (Å²) in [5.41, 5.74) is 2.34. The van der Waals surface area contributed by atoms with Crippen molar-refractivity contribution in [2.75, 3.05) is 7.11 Å². The summed E-state index contributed by atoms with van der Waals surface area (Å²) in [7, 11) is 1.55. The Morgan fingerprint density at radius 3 is 2.48 bits per heavy atom. The van der Waals surface area contributed by atoms with E-state index in [1.54, 1.807) is 56.5 Å². The molecule has 0 aromatic heterocycles. The fourth-order valence-electron chi connectivity index (χ4n) is 4.22. The maximum atomic E-state index is 14.5. The van der Waals surface area contributed by atoms with Gasteiger partial charge in [0.15, 0.2) is 5.70 Å². The summed E-state index contributed by atoms with van der Waals surface area (Å²) in [5.74, 6) is 0.180. The molecule has 0 aliphatic carbocycles. The first-order chi connectivity index (χ1) is 15.6. The summed E-state index contributed by atoms with van der Waals surface area (Å²) >= 11 is 0. The lowest BCUT2D eigenvalue weighted by Gasteiger charge is -2.41. The van der Waals surface area contributed by atoms with Gasteiger partial charge in [-0.2, -0.15) is 9.98 Å². The van der Waals surface area contributed by atoms with Crippen LogP contribution in [-0.2, 0) is 11.2 Å². The zero-order chi connectivity index (χ0) is 24.0. The third-order valence-electron chi connectivity index (χ3n) is 5.89. The van der Waals surface area contributed by atoms with Crippen LogP contribution in [0.4, 0.5) is 4.39 Å². The van der Waals surface area contributed by atoms with Crippen molar-refractivity contribution in [3.63, 3.8) is 0 Å². The second-order valence-electron chi connectivity index (χ2n) is 9.16. The molecule has 2 aromatic rings. The molecule has 0 saturated carbocycles. The predicted octanol–water partition coefficient (Wildman–Crippen LogP) is 5.40. The third-order valence-corrected chi connectivity index (χ3v) is 5.89. The van der Waals surface area contributed by atoms with E-state index in [0.717, 1.165) is 0 Å². The number of fused-ring (bicyclic) bond motifs is 1. The van der Waals surface area contributed by atoms with E-state index < -0.39 is 10.1 Å². The quantitative estimate of drug-likeness (QED) is 0.350. The second-order valence-corrected chi connectivity index (χ2v) is 9.16. The van der Waals surface area contributed by atoms with Crippen LogP contribution in [0.2, 0.25) is 0 Å². The number of hydrogen-bond acceptors (Lipinski definition) is 5. The summed E-state index contributed by atoms with van der Waals surface area (Å²) in [6, 6.07) is 13.6. The lowest BCUT2D eigenvalue weighted by molar-refractivity contribution is -0.658. The van der Waals surface area contributed by atoms with Gasteiger partial charge in [0.05, 0.1) is 12.8 Å². The Morgan fingerprint density at radius 1 is 1.12 bits per heavy atom. The van der Waals surface area contributed by atoms with Gasteiger partial charge in [0.25, 0.3) is 0 Å². The van der Waals surface area contributed by atoms with Crippen molar-refractivity contribution in [1.82, 2.24) is 0 Å². The number of halogens is 1. The van der Waals surface area contributed by atoms with E-state index in [2.05, 4.69) is 9.98 Å². The van der Waals surface area contributed by atoms with Crippen LogP contribution < -0.4 is 4.74 Å². The fourth-order valence-corrected chi connectivity index (χ4v) is 4.22. The van der Waals surface area contributed by atoms with Gasteiger partial charge in [-0.3, -0.25) is 4.79 Å². The first-order valence-corrected chi connectivity index (χ1v) is 10.7. The molecule has 1 unspecified atom stereocenters. The number of nitrogens with zero attached hydrogens (tertiary/aromatic N) is 3. The molecule has 4 rings (SSSR count). The monoisotopic (exact) mass is 447 g/mol. The maximum absolute atomic E-state index is 14.5. The lowest BCUT2D eigenvalue weighted by Crippen LogP contribution is -2.46. The predicted molar refractivity (Wildman–Crippen MR) is 127 cm³/mol. The summed E-state index contributed by atoms with van der Waals surface area (Å²) in [6.07, 6.45) is 0.765. The number of hydroxylamine groups is 3. The van der Waals surface area contributed by atoms with E-state index in [0.29, 0.717) is 45.8 Å². The van der Waals surface area contributed by atoms with E-state index in [4.69, 9.17) is 4.74 Å². The van der Waals surface area contributed by atoms with Gasteiger partial charge in [-0.05, 0) is 36.8 Å². The Kier molecular flexibility index (Phi) is 5.64. The minimum absolute atomic E-state index is 0.00311. The highest BCUT2D eigenvalue weighted by Gasteiger charge is 2.49. The number of rotatable bonds is 5. The Balaban J connectivity index is 1.99. The molecule has 0 fully saturated rings. The van der Waals surface area contributed by atoms with Crippen LogP contribution in [0.5, 0.6) is 5.75 Å². The number of ether oxygens (including phenoxy) is 1. The van der Waals surface area contributed by atoms with Crippen LogP contribution in [0.15, 0.2) is 75.5 Å². The summed E-state index contributed by atoms with van der Waals surface area (Å²) in [4.78, 5) is 21.4. The lowest BCUT2D eigenvalue weighted by atomic mass is 9.90. The highest BCUT2D eigenvalue weighted by Crippen LogP contribution is 2.47. The Morgan fingerprint density at radius 2 is 1.85 bits per heavy atom. The molecular weight excluding hydrogens is 421 g/mol. The van der Waals surface area contributed by atoms with Crippen LogP contribution in [0.1, 0.15) is 38.8 Å². The van der Waals surface area contributed by atoms with Gasteiger partial charge in [0, 0.05) is 23.0 Å². The van der Waals surface area contributed by atoms with E-state index in [-0.39, 0.29) is 23.9 Å². The molecule has 7 heteroatoms. The van der Waals surface area contributed by atoms with Crippen LogP contribution in [0.25, 0.3) is 5.70 Å². The van der Waals surface area contributed by atoms with Crippen LogP contribution in [0, 0.1) is 16.4 Å². The van der Waals surface area contributed by atoms with Gasteiger partial charge >= 0.3 is 5.96 Å².